The minimum Gasteiger partial charge on any atom is -0.492 e. The quantitative estimate of drug-likeness (QED) is 0.223. The van der Waals surface area contributed by atoms with Crippen molar-refractivity contribution in [2.75, 3.05) is 37.3 Å². The molecule has 2 heterocycles. The molecule has 0 saturated carbocycles. The van der Waals surface area contributed by atoms with Gasteiger partial charge in [-0.05, 0) is 62.6 Å². The average molecular weight is 518 g/mol. The molecule has 28 heavy (non-hydrogen) atoms. The zero-order chi connectivity index (χ0) is 19.1. The van der Waals surface area contributed by atoms with Crippen molar-refractivity contribution in [3.8, 4) is 5.75 Å². The van der Waals surface area contributed by atoms with Gasteiger partial charge in [0.05, 0.1) is 13.1 Å². The summed E-state index contributed by atoms with van der Waals surface area (Å²) in [5, 5.41) is 9.54. The number of aryl methyl sites for hydroxylation is 1. The van der Waals surface area contributed by atoms with E-state index < -0.39 is 0 Å². The Morgan fingerprint density at radius 1 is 1.36 bits per heavy atom. The normalized spacial score (nSPS) is 21.4. The van der Waals surface area contributed by atoms with Gasteiger partial charge in [0, 0.05) is 23.4 Å². The zero-order valence-corrected chi connectivity index (χ0v) is 19.8. The summed E-state index contributed by atoms with van der Waals surface area (Å²) in [6, 6.07) is 5.84. The Balaban J connectivity index is 0.00000280. The van der Waals surface area contributed by atoms with Gasteiger partial charge < -0.3 is 20.7 Å². The number of benzene rings is 1. The molecule has 1 saturated heterocycles. The lowest BCUT2D eigenvalue weighted by Gasteiger charge is -2.21. The largest absolute Gasteiger partial charge is 0.492 e. The number of nitrogens with zero attached hydrogens (tertiary/aromatic N) is 1. The van der Waals surface area contributed by atoms with E-state index in [4.69, 9.17) is 9.73 Å². The summed E-state index contributed by atoms with van der Waals surface area (Å²) in [5.74, 6) is 3.01. The number of guanidine groups is 1. The molecule has 2 aliphatic heterocycles. The lowest BCUT2D eigenvalue weighted by atomic mass is 10.0. The van der Waals surface area contributed by atoms with Crippen LogP contribution in [0.3, 0.4) is 0 Å². The molecule has 8 heteroatoms. The van der Waals surface area contributed by atoms with Crippen LogP contribution in [0.2, 0.25) is 0 Å². The van der Waals surface area contributed by atoms with Crippen LogP contribution in [0.15, 0.2) is 23.2 Å². The molecule has 0 aliphatic carbocycles. The van der Waals surface area contributed by atoms with Gasteiger partial charge >= 0.3 is 0 Å². The number of nitrogens with one attached hydrogen (secondary N) is 3. The van der Waals surface area contributed by atoms with Crippen molar-refractivity contribution in [1.82, 2.24) is 10.6 Å². The number of ether oxygens (including phenoxy) is 1. The monoisotopic (exact) mass is 518 g/mol. The smallest absolute Gasteiger partial charge is 0.224 e. The van der Waals surface area contributed by atoms with Crippen LogP contribution in [0, 0.1) is 0 Å². The highest BCUT2D eigenvalue weighted by Crippen LogP contribution is 2.37. The van der Waals surface area contributed by atoms with Crippen molar-refractivity contribution < 1.29 is 9.53 Å². The predicted molar refractivity (Wildman–Crippen MR) is 128 cm³/mol. The van der Waals surface area contributed by atoms with E-state index in [9.17, 15) is 4.79 Å². The molecule has 0 bridgehead atoms. The van der Waals surface area contributed by atoms with E-state index in [2.05, 4.69) is 29.8 Å². The topological polar surface area (TPSA) is 74.8 Å². The molecule has 3 rings (SSSR count). The predicted octanol–water partition coefficient (Wildman–Crippen LogP) is 3.41. The lowest BCUT2D eigenvalue weighted by molar-refractivity contribution is -0.116. The van der Waals surface area contributed by atoms with E-state index in [1.165, 1.54) is 18.6 Å². The lowest BCUT2D eigenvalue weighted by Crippen LogP contribution is -2.40. The minimum atomic E-state index is 0. The third-order valence-electron chi connectivity index (χ3n) is 4.85. The van der Waals surface area contributed by atoms with Crippen molar-refractivity contribution in [3.05, 3.63) is 23.8 Å². The molecular weight excluding hydrogens is 487 g/mol. The fourth-order valence-electron chi connectivity index (χ4n) is 3.34. The zero-order valence-electron chi connectivity index (χ0n) is 16.7. The Morgan fingerprint density at radius 2 is 2.21 bits per heavy atom. The Morgan fingerprint density at radius 3 is 2.96 bits per heavy atom. The van der Waals surface area contributed by atoms with Crippen molar-refractivity contribution in [2.45, 2.75) is 44.3 Å². The fraction of sp³-hybridized carbons (Fsp3) is 0.600. The molecule has 1 aromatic carbocycles. The summed E-state index contributed by atoms with van der Waals surface area (Å²) in [5.41, 5.74) is 2.04. The average Bonchev–Trinajstić information content (AvgIpc) is 3.10. The van der Waals surface area contributed by atoms with Gasteiger partial charge in [0.25, 0.3) is 0 Å². The standard InChI is InChI=1S/C20H30N4O2S.HI/c1-3-21-19(23-14-20(2)9-4-12-27-20)22-10-11-26-16-6-7-17-15(13-16)5-8-18(25)24-17;/h6-7,13H,3-5,8-12,14H2,1-2H3,(H,24,25)(H2,21,22,23);1H. The number of aliphatic imine (C=N–C) groups is 1. The molecule has 6 nitrogen and oxygen atoms in total. The van der Waals surface area contributed by atoms with E-state index in [0.29, 0.717) is 19.6 Å². The van der Waals surface area contributed by atoms with Crippen LogP contribution in [-0.4, -0.2) is 48.6 Å². The molecule has 0 aromatic heterocycles. The number of carbonyl (C=O) groups is 1. The summed E-state index contributed by atoms with van der Waals surface area (Å²) in [6.07, 6.45) is 3.84. The van der Waals surface area contributed by atoms with Gasteiger partial charge in [-0.2, -0.15) is 11.8 Å². The van der Waals surface area contributed by atoms with Crippen LogP contribution in [-0.2, 0) is 11.2 Å². The molecule has 2 aliphatic rings. The molecule has 1 amide bonds. The highest BCUT2D eigenvalue weighted by atomic mass is 127. The number of hydrogen-bond acceptors (Lipinski definition) is 4. The van der Waals surface area contributed by atoms with Crippen molar-refractivity contribution in [1.29, 1.82) is 0 Å². The molecule has 1 atom stereocenters. The maximum absolute atomic E-state index is 11.4. The summed E-state index contributed by atoms with van der Waals surface area (Å²) in [7, 11) is 0. The number of rotatable bonds is 7. The van der Waals surface area contributed by atoms with Gasteiger partial charge in [-0.1, -0.05) is 0 Å². The Labute approximate surface area is 189 Å². The van der Waals surface area contributed by atoms with Gasteiger partial charge in [0.2, 0.25) is 5.91 Å². The van der Waals surface area contributed by atoms with E-state index in [1.807, 2.05) is 30.0 Å². The first-order valence-electron chi connectivity index (χ1n) is 9.80. The highest BCUT2D eigenvalue weighted by molar-refractivity contribution is 14.0. The van der Waals surface area contributed by atoms with Crippen LogP contribution in [0.1, 0.15) is 38.7 Å². The number of fused-ring (bicyclic) bond motifs is 1. The molecule has 1 aromatic rings. The molecule has 0 radical (unpaired) electrons. The molecule has 1 fully saturated rings. The van der Waals surface area contributed by atoms with E-state index in [0.717, 1.165) is 42.5 Å². The summed E-state index contributed by atoms with van der Waals surface area (Å²) >= 11 is 2.03. The van der Waals surface area contributed by atoms with Gasteiger partial charge in [-0.15, -0.1) is 24.0 Å². The SMILES string of the molecule is CCNC(=NCC1(C)CCCS1)NCCOc1ccc2c(c1)CCC(=O)N2.I. The summed E-state index contributed by atoms with van der Waals surface area (Å²) in [4.78, 5) is 16.2. The van der Waals surface area contributed by atoms with Crippen LogP contribution < -0.4 is 20.7 Å². The first-order chi connectivity index (χ1) is 13.1. The molecular formula is C20H31IN4O2S. The van der Waals surface area contributed by atoms with Crippen LogP contribution in [0.4, 0.5) is 5.69 Å². The molecule has 0 spiro atoms. The van der Waals surface area contributed by atoms with E-state index in [-0.39, 0.29) is 34.6 Å². The van der Waals surface area contributed by atoms with Crippen LogP contribution in [0.25, 0.3) is 0 Å². The van der Waals surface area contributed by atoms with Crippen molar-refractivity contribution >= 4 is 53.3 Å². The summed E-state index contributed by atoms with van der Waals surface area (Å²) in [6.45, 7) is 7.30. The van der Waals surface area contributed by atoms with Crippen molar-refractivity contribution in [2.24, 2.45) is 4.99 Å². The fourth-order valence-corrected chi connectivity index (χ4v) is 4.56. The Kier molecular flexibility index (Phi) is 9.20. The maximum Gasteiger partial charge on any atom is 0.224 e. The minimum absolute atomic E-state index is 0. The summed E-state index contributed by atoms with van der Waals surface area (Å²) < 4.78 is 6.14. The van der Waals surface area contributed by atoms with Gasteiger partial charge in [0.15, 0.2) is 5.96 Å². The first kappa shape index (κ1) is 23.1. The Hall–Kier alpha value is -1.16. The van der Waals surface area contributed by atoms with Gasteiger partial charge in [0.1, 0.15) is 12.4 Å². The second-order valence-corrected chi connectivity index (χ2v) is 8.92. The van der Waals surface area contributed by atoms with E-state index >= 15 is 0 Å². The maximum atomic E-state index is 11.4. The number of anilines is 1. The highest BCUT2D eigenvalue weighted by Gasteiger charge is 2.29. The number of amides is 1. The van der Waals surface area contributed by atoms with Crippen LogP contribution >= 0.6 is 35.7 Å². The Bertz CT molecular complexity index is 693. The molecule has 3 N–H and O–H groups in total. The number of halogens is 1. The number of hydrogen-bond donors (Lipinski definition) is 3. The molecule has 1 unspecified atom stereocenters. The third-order valence-corrected chi connectivity index (χ3v) is 6.37. The second kappa shape index (κ2) is 11.1. The van der Waals surface area contributed by atoms with E-state index in [1.54, 1.807) is 0 Å². The number of carbonyl (C=O) groups excluding carboxylic acids is 1. The van der Waals surface area contributed by atoms with Crippen LogP contribution in [0.5, 0.6) is 5.75 Å². The van der Waals surface area contributed by atoms with Gasteiger partial charge in [-0.3, -0.25) is 9.79 Å². The molecule has 156 valence electrons. The second-order valence-electron chi connectivity index (χ2n) is 7.24. The first-order valence-corrected chi connectivity index (χ1v) is 10.8. The van der Waals surface area contributed by atoms with Gasteiger partial charge in [-0.25, -0.2) is 0 Å². The van der Waals surface area contributed by atoms with Crippen molar-refractivity contribution in [3.63, 3.8) is 0 Å². The third kappa shape index (κ3) is 6.72. The number of thioether (sulfide) groups is 1.